The summed E-state index contributed by atoms with van der Waals surface area (Å²) in [4.78, 5) is 4.58. The number of hydrogen-bond acceptors (Lipinski definition) is 4. The topological polar surface area (TPSA) is 60.2 Å². The zero-order valence-electron chi connectivity index (χ0n) is 16.0. The molecular formula is C23H17F2NO3S. The van der Waals surface area contributed by atoms with E-state index in [1.807, 2.05) is 30.3 Å². The molecule has 1 aromatic heterocycles. The SMILES string of the molecule is CS(=O)(=O)c1ccc(-c2oc(Cc3ccccc3)nc2-c2cc(F)ccc2F)cc1. The van der Waals surface area contributed by atoms with Gasteiger partial charge in [0, 0.05) is 23.8 Å². The van der Waals surface area contributed by atoms with Gasteiger partial charge in [0.15, 0.2) is 21.5 Å². The first-order chi connectivity index (χ1) is 14.3. The summed E-state index contributed by atoms with van der Waals surface area (Å²) in [5, 5.41) is 0. The van der Waals surface area contributed by atoms with Gasteiger partial charge in [0.25, 0.3) is 0 Å². The molecule has 0 fully saturated rings. The number of aromatic nitrogens is 1. The van der Waals surface area contributed by atoms with Crippen molar-refractivity contribution in [3.8, 4) is 22.6 Å². The van der Waals surface area contributed by atoms with Gasteiger partial charge in [-0.05, 0) is 48.0 Å². The molecule has 0 radical (unpaired) electrons. The van der Waals surface area contributed by atoms with Gasteiger partial charge in [-0.3, -0.25) is 0 Å². The van der Waals surface area contributed by atoms with Crippen molar-refractivity contribution in [3.63, 3.8) is 0 Å². The number of benzene rings is 3. The second-order valence-corrected chi connectivity index (χ2v) is 8.88. The summed E-state index contributed by atoms with van der Waals surface area (Å²) in [5.41, 5.74) is 1.59. The van der Waals surface area contributed by atoms with Crippen molar-refractivity contribution in [1.82, 2.24) is 4.98 Å². The summed E-state index contributed by atoms with van der Waals surface area (Å²) in [6, 6.07) is 18.6. The van der Waals surface area contributed by atoms with Crippen LogP contribution in [0, 0.1) is 11.6 Å². The lowest BCUT2D eigenvalue weighted by Gasteiger charge is -2.04. The van der Waals surface area contributed by atoms with Gasteiger partial charge in [0.05, 0.1) is 4.90 Å². The molecule has 0 bridgehead atoms. The molecule has 0 aliphatic carbocycles. The molecular weight excluding hydrogens is 408 g/mol. The fourth-order valence-corrected chi connectivity index (χ4v) is 3.75. The van der Waals surface area contributed by atoms with Crippen LogP contribution in [0.25, 0.3) is 22.6 Å². The van der Waals surface area contributed by atoms with Crippen LogP contribution in [-0.4, -0.2) is 19.7 Å². The number of rotatable bonds is 5. The van der Waals surface area contributed by atoms with Crippen molar-refractivity contribution >= 4 is 9.84 Å². The van der Waals surface area contributed by atoms with Crippen molar-refractivity contribution in [2.24, 2.45) is 0 Å². The number of sulfone groups is 1. The Morgan fingerprint density at radius 1 is 0.933 bits per heavy atom. The van der Waals surface area contributed by atoms with E-state index in [-0.39, 0.29) is 21.9 Å². The third-order valence-electron chi connectivity index (χ3n) is 4.60. The molecule has 0 aliphatic heterocycles. The Hall–Kier alpha value is -3.32. The van der Waals surface area contributed by atoms with Gasteiger partial charge in [0.1, 0.15) is 17.3 Å². The van der Waals surface area contributed by atoms with E-state index in [1.165, 1.54) is 12.1 Å². The van der Waals surface area contributed by atoms with Crippen molar-refractivity contribution < 1.29 is 21.6 Å². The van der Waals surface area contributed by atoms with Crippen LogP contribution < -0.4 is 0 Å². The molecule has 0 unspecified atom stereocenters. The normalized spacial score (nSPS) is 11.6. The fraction of sp³-hybridized carbons (Fsp3) is 0.0870. The molecule has 0 aliphatic rings. The highest BCUT2D eigenvalue weighted by Gasteiger charge is 2.21. The Morgan fingerprint density at radius 2 is 1.63 bits per heavy atom. The van der Waals surface area contributed by atoms with Crippen LogP contribution in [-0.2, 0) is 16.3 Å². The van der Waals surface area contributed by atoms with Gasteiger partial charge in [0.2, 0.25) is 0 Å². The first-order valence-electron chi connectivity index (χ1n) is 9.11. The quantitative estimate of drug-likeness (QED) is 0.436. The van der Waals surface area contributed by atoms with E-state index < -0.39 is 21.5 Å². The van der Waals surface area contributed by atoms with Gasteiger partial charge >= 0.3 is 0 Å². The molecule has 0 N–H and O–H groups in total. The first kappa shape index (κ1) is 20.0. The molecule has 0 saturated heterocycles. The van der Waals surface area contributed by atoms with Crippen LogP contribution in [0.4, 0.5) is 8.78 Å². The van der Waals surface area contributed by atoms with Crippen LogP contribution in [0.5, 0.6) is 0 Å². The second-order valence-electron chi connectivity index (χ2n) is 6.87. The number of oxazole rings is 1. The molecule has 0 spiro atoms. The molecule has 7 heteroatoms. The van der Waals surface area contributed by atoms with Crippen molar-refractivity contribution in [2.75, 3.05) is 6.26 Å². The maximum Gasteiger partial charge on any atom is 0.199 e. The molecule has 4 rings (SSSR count). The Bertz CT molecular complexity index is 1300. The monoisotopic (exact) mass is 425 g/mol. The van der Waals surface area contributed by atoms with Crippen molar-refractivity contribution in [3.05, 3.63) is 95.9 Å². The van der Waals surface area contributed by atoms with E-state index in [2.05, 4.69) is 4.98 Å². The second kappa shape index (κ2) is 7.84. The van der Waals surface area contributed by atoms with E-state index in [4.69, 9.17) is 4.42 Å². The van der Waals surface area contributed by atoms with E-state index in [9.17, 15) is 17.2 Å². The van der Waals surface area contributed by atoms with Crippen LogP contribution in [0.15, 0.2) is 82.1 Å². The van der Waals surface area contributed by atoms with Gasteiger partial charge in [-0.25, -0.2) is 22.2 Å². The molecule has 4 aromatic rings. The highest BCUT2D eigenvalue weighted by Crippen LogP contribution is 2.35. The number of halogens is 2. The van der Waals surface area contributed by atoms with Gasteiger partial charge in [-0.2, -0.15) is 0 Å². The predicted octanol–water partition coefficient (Wildman–Crippen LogP) is 5.28. The Kier molecular flexibility index (Phi) is 5.22. The lowest BCUT2D eigenvalue weighted by atomic mass is 10.1. The van der Waals surface area contributed by atoms with E-state index in [0.717, 1.165) is 30.0 Å². The van der Waals surface area contributed by atoms with Crippen molar-refractivity contribution in [2.45, 2.75) is 11.3 Å². The maximum atomic E-state index is 14.5. The van der Waals surface area contributed by atoms with Crippen LogP contribution in [0.3, 0.4) is 0 Å². The van der Waals surface area contributed by atoms with E-state index >= 15 is 0 Å². The number of hydrogen-bond donors (Lipinski definition) is 0. The summed E-state index contributed by atoms with van der Waals surface area (Å²) < 4.78 is 57.7. The molecule has 0 atom stereocenters. The van der Waals surface area contributed by atoms with Crippen LogP contribution >= 0.6 is 0 Å². The zero-order chi connectivity index (χ0) is 21.3. The molecule has 3 aromatic carbocycles. The van der Waals surface area contributed by atoms with Crippen LogP contribution in [0.2, 0.25) is 0 Å². The summed E-state index contributed by atoms with van der Waals surface area (Å²) in [7, 11) is -3.37. The minimum absolute atomic E-state index is 0.0275. The Balaban J connectivity index is 1.84. The third kappa shape index (κ3) is 4.16. The minimum Gasteiger partial charge on any atom is -0.440 e. The Labute approximate surface area is 172 Å². The molecule has 4 nitrogen and oxygen atoms in total. The summed E-state index contributed by atoms with van der Waals surface area (Å²) in [6.07, 6.45) is 1.48. The summed E-state index contributed by atoms with van der Waals surface area (Å²) in [6.45, 7) is 0. The fourth-order valence-electron chi connectivity index (χ4n) is 3.12. The highest BCUT2D eigenvalue weighted by molar-refractivity contribution is 7.90. The standard InChI is InChI=1S/C23H17F2NO3S/c1-30(27,28)18-10-7-16(8-11-18)23-22(19-14-17(24)9-12-20(19)25)26-21(29-23)13-15-5-3-2-4-6-15/h2-12,14H,13H2,1H3. The largest absolute Gasteiger partial charge is 0.440 e. The molecule has 0 saturated carbocycles. The minimum atomic E-state index is -3.37. The third-order valence-corrected chi connectivity index (χ3v) is 5.73. The van der Waals surface area contributed by atoms with Crippen molar-refractivity contribution in [1.29, 1.82) is 0 Å². The summed E-state index contributed by atoms with van der Waals surface area (Å²) >= 11 is 0. The zero-order valence-corrected chi connectivity index (χ0v) is 16.8. The predicted molar refractivity (Wildman–Crippen MR) is 110 cm³/mol. The lowest BCUT2D eigenvalue weighted by Crippen LogP contribution is -1.96. The van der Waals surface area contributed by atoms with Crippen LogP contribution in [0.1, 0.15) is 11.5 Å². The maximum absolute atomic E-state index is 14.5. The Morgan fingerprint density at radius 3 is 2.30 bits per heavy atom. The molecule has 1 heterocycles. The van der Waals surface area contributed by atoms with Gasteiger partial charge < -0.3 is 4.42 Å². The van der Waals surface area contributed by atoms with E-state index in [1.54, 1.807) is 12.1 Å². The highest BCUT2D eigenvalue weighted by atomic mass is 32.2. The average Bonchev–Trinajstić information content (AvgIpc) is 3.13. The van der Waals surface area contributed by atoms with Gasteiger partial charge in [-0.15, -0.1) is 0 Å². The first-order valence-corrected chi connectivity index (χ1v) is 11.0. The molecule has 152 valence electrons. The molecule has 0 amide bonds. The smallest absolute Gasteiger partial charge is 0.199 e. The average molecular weight is 425 g/mol. The molecule has 30 heavy (non-hydrogen) atoms. The lowest BCUT2D eigenvalue weighted by molar-refractivity contribution is 0.519. The number of nitrogens with zero attached hydrogens (tertiary/aromatic N) is 1. The van der Waals surface area contributed by atoms with E-state index in [0.29, 0.717) is 17.9 Å². The summed E-state index contributed by atoms with van der Waals surface area (Å²) in [5.74, 6) is -0.658. The van der Waals surface area contributed by atoms with Gasteiger partial charge in [-0.1, -0.05) is 30.3 Å².